The number of Topliss-reactive ketones (excluding diaryl/α,β-unsaturated/α-hetero) is 1. The summed E-state index contributed by atoms with van der Waals surface area (Å²) in [6.45, 7) is 4.30. The zero-order valence-corrected chi connectivity index (χ0v) is 16.9. The van der Waals surface area contributed by atoms with E-state index in [1.54, 1.807) is 0 Å². The Hall–Kier alpha value is 0.330. The molecular weight excluding hydrogens is 306 g/mol. The Labute approximate surface area is 168 Å². The van der Waals surface area contributed by atoms with Crippen molar-refractivity contribution in [3.63, 3.8) is 0 Å². The van der Waals surface area contributed by atoms with Crippen LogP contribution in [0.2, 0.25) is 0 Å². The third-order valence-electron chi connectivity index (χ3n) is 3.98. The van der Waals surface area contributed by atoms with Gasteiger partial charge in [-0.25, -0.2) is 0 Å². The molecule has 1 atom stereocenters. The van der Waals surface area contributed by atoms with Gasteiger partial charge < -0.3 is 2.85 Å². The molecule has 4 nitrogen and oxygen atoms in total. The van der Waals surface area contributed by atoms with Crippen molar-refractivity contribution < 1.29 is 12.6 Å². The molecule has 0 aliphatic heterocycles. The van der Waals surface area contributed by atoms with Gasteiger partial charge in [-0.3, -0.25) is 14.9 Å². The molecule has 0 saturated heterocycles. The molecule has 0 fully saturated rings. The fourth-order valence-electron chi connectivity index (χ4n) is 2.57. The number of carbonyl (C=O) groups is 1. The molecular formula is C17H35CaNO3. The van der Waals surface area contributed by atoms with Crippen molar-refractivity contribution in [1.82, 2.24) is 0 Å². The second-order valence-electron chi connectivity index (χ2n) is 5.99. The summed E-state index contributed by atoms with van der Waals surface area (Å²) in [4.78, 5) is 22.6. The Morgan fingerprint density at radius 2 is 1.36 bits per heavy atom. The average Bonchev–Trinajstić information content (AvgIpc) is 2.45. The van der Waals surface area contributed by atoms with Crippen molar-refractivity contribution in [3.05, 3.63) is 10.1 Å². The molecule has 0 rings (SSSR count). The molecule has 0 aromatic carbocycles. The zero-order valence-electron chi connectivity index (χ0n) is 16.6. The predicted molar refractivity (Wildman–Crippen MR) is 95.1 cm³/mol. The molecule has 0 aliphatic carbocycles. The van der Waals surface area contributed by atoms with Gasteiger partial charge in [-0.05, 0) is 12.8 Å². The van der Waals surface area contributed by atoms with E-state index < -0.39 is 6.04 Å². The number of hydrogen-bond donors (Lipinski definition) is 0. The minimum Gasteiger partial charge on any atom is -1.00 e. The standard InChI is InChI=1S/C17H33NO3.Ca.2H/c1-3-5-7-9-10-11-13-15-17(19)16(18(20)21)14-12-8-6-4-2;;;/h16H,3-15H2,1-2H3;;;/q;+2;2*-1. The number of carbonyl (C=O) groups excluding carboxylic acids is 1. The molecule has 0 saturated carbocycles. The van der Waals surface area contributed by atoms with Gasteiger partial charge in [-0.2, -0.15) is 0 Å². The first-order chi connectivity index (χ1) is 10.1. The summed E-state index contributed by atoms with van der Waals surface area (Å²) >= 11 is 0. The second-order valence-corrected chi connectivity index (χ2v) is 5.99. The van der Waals surface area contributed by atoms with Gasteiger partial charge in [0, 0.05) is 17.8 Å². The van der Waals surface area contributed by atoms with Crippen LogP contribution in [-0.2, 0) is 4.79 Å². The minimum absolute atomic E-state index is 0. The Balaban J connectivity index is -0.000000667. The maximum absolute atomic E-state index is 11.9. The molecule has 0 N–H and O–H groups in total. The average molecular weight is 342 g/mol. The SMILES string of the molecule is CCCCCCCCCC(=O)C(CCCCCC)[N+](=O)[O-].[Ca+2].[H-].[H-]. The molecule has 0 aromatic rings. The molecule has 0 radical (unpaired) electrons. The van der Waals surface area contributed by atoms with E-state index in [1.165, 1.54) is 25.7 Å². The van der Waals surface area contributed by atoms with Crippen LogP contribution in [0.1, 0.15) is 100 Å². The summed E-state index contributed by atoms with van der Waals surface area (Å²) in [6, 6.07) is -0.957. The van der Waals surface area contributed by atoms with Gasteiger partial charge >= 0.3 is 37.7 Å². The van der Waals surface area contributed by atoms with Gasteiger partial charge in [0.25, 0.3) is 6.04 Å². The van der Waals surface area contributed by atoms with Crippen LogP contribution in [0.25, 0.3) is 0 Å². The van der Waals surface area contributed by atoms with E-state index >= 15 is 0 Å². The molecule has 22 heavy (non-hydrogen) atoms. The maximum Gasteiger partial charge on any atom is 2.00 e. The number of hydrogen-bond acceptors (Lipinski definition) is 3. The monoisotopic (exact) mass is 341 g/mol. The Bertz CT molecular complexity index is 295. The number of unbranched alkanes of at least 4 members (excludes halogenated alkanes) is 9. The quantitative estimate of drug-likeness (QED) is 0.179. The third-order valence-corrected chi connectivity index (χ3v) is 3.98. The van der Waals surface area contributed by atoms with Crippen molar-refractivity contribution in [2.75, 3.05) is 0 Å². The van der Waals surface area contributed by atoms with Crippen LogP contribution in [0.3, 0.4) is 0 Å². The number of rotatable bonds is 15. The van der Waals surface area contributed by atoms with Crippen molar-refractivity contribution in [3.8, 4) is 0 Å². The van der Waals surface area contributed by atoms with Crippen molar-refractivity contribution in [2.45, 2.75) is 103 Å². The third kappa shape index (κ3) is 14.0. The second kappa shape index (κ2) is 17.7. The smallest absolute Gasteiger partial charge is 1.00 e. The normalized spacial score (nSPS) is 11.7. The van der Waals surface area contributed by atoms with Crippen molar-refractivity contribution in [1.29, 1.82) is 0 Å². The molecule has 1 unspecified atom stereocenters. The van der Waals surface area contributed by atoms with E-state index in [0.717, 1.165) is 44.9 Å². The van der Waals surface area contributed by atoms with E-state index in [-0.39, 0.29) is 51.3 Å². The van der Waals surface area contributed by atoms with Gasteiger partial charge in [0.2, 0.25) is 5.78 Å². The molecule has 0 amide bonds. The fraction of sp³-hybridized carbons (Fsp3) is 0.941. The molecule has 128 valence electrons. The molecule has 0 heterocycles. The summed E-state index contributed by atoms with van der Waals surface area (Å²) in [7, 11) is 0. The van der Waals surface area contributed by atoms with E-state index in [0.29, 0.717) is 12.8 Å². The van der Waals surface area contributed by atoms with Crippen LogP contribution in [0, 0.1) is 10.1 Å². The van der Waals surface area contributed by atoms with Gasteiger partial charge in [0.1, 0.15) is 0 Å². The van der Waals surface area contributed by atoms with Crippen molar-refractivity contribution in [2.24, 2.45) is 0 Å². The van der Waals surface area contributed by atoms with Gasteiger partial charge in [-0.1, -0.05) is 71.6 Å². The maximum atomic E-state index is 11.9. The van der Waals surface area contributed by atoms with Crippen molar-refractivity contribution >= 4 is 43.5 Å². The summed E-state index contributed by atoms with van der Waals surface area (Å²) < 4.78 is 0. The summed E-state index contributed by atoms with van der Waals surface area (Å²) in [5.41, 5.74) is 0. The van der Waals surface area contributed by atoms with Crippen LogP contribution in [0.4, 0.5) is 0 Å². The first kappa shape index (κ1) is 24.6. The minimum atomic E-state index is -0.957. The zero-order chi connectivity index (χ0) is 15.9. The Morgan fingerprint density at radius 1 is 0.909 bits per heavy atom. The van der Waals surface area contributed by atoms with Crippen LogP contribution in [0.15, 0.2) is 0 Å². The topological polar surface area (TPSA) is 60.2 Å². The number of nitro groups is 1. The van der Waals surface area contributed by atoms with E-state index in [4.69, 9.17) is 0 Å². The summed E-state index contributed by atoms with van der Waals surface area (Å²) in [6.07, 6.45) is 12.8. The van der Waals surface area contributed by atoms with Crippen LogP contribution in [-0.4, -0.2) is 54.5 Å². The first-order valence-electron chi connectivity index (χ1n) is 8.79. The molecule has 0 spiro atoms. The molecule has 0 bridgehead atoms. The fourth-order valence-corrected chi connectivity index (χ4v) is 2.57. The van der Waals surface area contributed by atoms with Gasteiger partial charge in [0.05, 0.1) is 0 Å². The van der Waals surface area contributed by atoms with E-state index in [9.17, 15) is 14.9 Å². The first-order valence-corrected chi connectivity index (χ1v) is 8.79. The Morgan fingerprint density at radius 3 is 1.86 bits per heavy atom. The largest absolute Gasteiger partial charge is 2.00 e. The predicted octanol–water partition coefficient (Wildman–Crippen LogP) is 5.16. The van der Waals surface area contributed by atoms with Crippen LogP contribution in [0.5, 0.6) is 0 Å². The number of ketones is 1. The summed E-state index contributed by atoms with van der Waals surface area (Å²) in [5.74, 6) is -0.162. The molecule has 5 heteroatoms. The van der Waals surface area contributed by atoms with Crippen LogP contribution < -0.4 is 0 Å². The molecule has 0 aromatic heterocycles. The van der Waals surface area contributed by atoms with Gasteiger partial charge in [0.15, 0.2) is 0 Å². The van der Waals surface area contributed by atoms with E-state index in [1.807, 2.05) is 0 Å². The molecule has 0 aliphatic rings. The van der Waals surface area contributed by atoms with E-state index in [2.05, 4.69) is 13.8 Å². The summed E-state index contributed by atoms with van der Waals surface area (Å²) in [5, 5.41) is 11.0. The Kier molecular flexibility index (Phi) is 19.8. The number of nitrogens with zero attached hydrogens (tertiary/aromatic N) is 1. The van der Waals surface area contributed by atoms with Crippen LogP contribution >= 0.6 is 0 Å². The van der Waals surface area contributed by atoms with Gasteiger partial charge in [-0.15, -0.1) is 0 Å².